The molecule has 1 rings (SSSR count). The Labute approximate surface area is 104 Å². The zero-order valence-electron chi connectivity index (χ0n) is 11.2. The van der Waals surface area contributed by atoms with E-state index in [0.29, 0.717) is 6.61 Å². The molecule has 0 aliphatic heterocycles. The van der Waals surface area contributed by atoms with Crippen LogP contribution in [0.4, 0.5) is 0 Å². The Morgan fingerprint density at radius 3 is 2.76 bits per heavy atom. The maximum absolute atomic E-state index is 12.2. The topological polar surface area (TPSA) is 58.6 Å². The molecule has 0 aromatic carbocycles. The molecule has 1 fully saturated rings. The monoisotopic (exact) mass is 243 g/mol. The van der Waals surface area contributed by atoms with Crippen LogP contribution in [0.25, 0.3) is 0 Å². The van der Waals surface area contributed by atoms with E-state index in [2.05, 4.69) is 19.2 Å². The van der Waals surface area contributed by atoms with Crippen molar-refractivity contribution in [2.75, 3.05) is 20.3 Å². The fraction of sp³-hybridized carbons (Fsp3) is 0.923. The van der Waals surface area contributed by atoms with Crippen molar-refractivity contribution < 1.29 is 14.6 Å². The maximum Gasteiger partial charge on any atom is 0.224 e. The molecule has 17 heavy (non-hydrogen) atoms. The Morgan fingerprint density at radius 2 is 2.24 bits per heavy atom. The molecular formula is C13H25NO3. The van der Waals surface area contributed by atoms with Gasteiger partial charge >= 0.3 is 0 Å². The van der Waals surface area contributed by atoms with E-state index in [0.717, 1.165) is 19.3 Å². The zero-order chi connectivity index (χ0) is 12.9. The molecule has 0 radical (unpaired) electrons. The van der Waals surface area contributed by atoms with Crippen LogP contribution in [-0.2, 0) is 9.53 Å². The van der Waals surface area contributed by atoms with E-state index in [4.69, 9.17) is 9.84 Å². The summed E-state index contributed by atoms with van der Waals surface area (Å²) >= 11 is 0. The van der Waals surface area contributed by atoms with Crippen LogP contribution < -0.4 is 5.32 Å². The first-order valence-electron chi connectivity index (χ1n) is 6.41. The SMILES string of the molecule is COCC(CO)NC(=O)C1CCCCC1(C)C. The summed E-state index contributed by atoms with van der Waals surface area (Å²) in [7, 11) is 1.57. The minimum Gasteiger partial charge on any atom is -0.394 e. The molecule has 1 saturated carbocycles. The second-order valence-electron chi connectivity index (χ2n) is 5.63. The van der Waals surface area contributed by atoms with Crippen LogP contribution in [0.2, 0.25) is 0 Å². The summed E-state index contributed by atoms with van der Waals surface area (Å²) in [5.74, 6) is 0.118. The Hall–Kier alpha value is -0.610. The lowest BCUT2D eigenvalue weighted by Crippen LogP contribution is -2.47. The molecule has 100 valence electrons. The smallest absolute Gasteiger partial charge is 0.224 e. The minimum atomic E-state index is -0.287. The lowest BCUT2D eigenvalue weighted by atomic mass is 9.68. The molecule has 0 aromatic heterocycles. The Bertz CT molecular complexity index is 253. The van der Waals surface area contributed by atoms with Gasteiger partial charge in [0.25, 0.3) is 0 Å². The molecular weight excluding hydrogens is 218 g/mol. The van der Waals surface area contributed by atoms with Gasteiger partial charge in [-0.3, -0.25) is 4.79 Å². The highest BCUT2D eigenvalue weighted by molar-refractivity contribution is 5.79. The number of carbonyl (C=O) groups is 1. The summed E-state index contributed by atoms with van der Waals surface area (Å²) in [5, 5.41) is 12.0. The van der Waals surface area contributed by atoms with Crippen molar-refractivity contribution in [2.24, 2.45) is 11.3 Å². The molecule has 1 aliphatic carbocycles. The summed E-state index contributed by atoms with van der Waals surface area (Å²) in [6, 6.07) is -0.287. The van der Waals surface area contributed by atoms with E-state index in [9.17, 15) is 4.79 Å². The van der Waals surface area contributed by atoms with E-state index >= 15 is 0 Å². The van der Waals surface area contributed by atoms with Gasteiger partial charge in [-0.1, -0.05) is 26.7 Å². The van der Waals surface area contributed by atoms with E-state index in [1.807, 2.05) is 0 Å². The molecule has 2 unspecified atom stereocenters. The van der Waals surface area contributed by atoms with Crippen LogP contribution in [0, 0.1) is 11.3 Å². The normalized spacial score (nSPS) is 25.3. The number of aliphatic hydroxyl groups is 1. The highest BCUT2D eigenvalue weighted by Crippen LogP contribution is 2.40. The van der Waals surface area contributed by atoms with Gasteiger partial charge < -0.3 is 15.2 Å². The van der Waals surface area contributed by atoms with Crippen LogP contribution in [0.5, 0.6) is 0 Å². The van der Waals surface area contributed by atoms with Crippen LogP contribution in [0.1, 0.15) is 39.5 Å². The first kappa shape index (κ1) is 14.5. The van der Waals surface area contributed by atoms with Gasteiger partial charge in [-0.05, 0) is 18.3 Å². The first-order valence-corrected chi connectivity index (χ1v) is 6.41. The number of amides is 1. The lowest BCUT2D eigenvalue weighted by Gasteiger charge is -2.38. The largest absolute Gasteiger partial charge is 0.394 e. The minimum absolute atomic E-state index is 0.0576. The summed E-state index contributed by atoms with van der Waals surface area (Å²) in [6.07, 6.45) is 4.37. The zero-order valence-corrected chi connectivity index (χ0v) is 11.2. The van der Waals surface area contributed by atoms with Gasteiger partial charge in [0.05, 0.1) is 19.3 Å². The van der Waals surface area contributed by atoms with Crippen molar-refractivity contribution in [1.29, 1.82) is 0 Å². The summed E-state index contributed by atoms with van der Waals surface area (Å²) < 4.78 is 4.96. The van der Waals surface area contributed by atoms with Gasteiger partial charge in [-0.15, -0.1) is 0 Å². The standard InChI is InChI=1S/C13H25NO3/c1-13(2)7-5-4-6-11(13)12(16)14-10(8-15)9-17-3/h10-11,15H,4-9H2,1-3H3,(H,14,16). The molecule has 4 nitrogen and oxygen atoms in total. The molecule has 2 atom stereocenters. The second-order valence-corrected chi connectivity index (χ2v) is 5.63. The molecule has 1 aliphatic rings. The first-order chi connectivity index (χ1) is 8.01. The molecule has 0 heterocycles. The van der Waals surface area contributed by atoms with Crippen molar-refractivity contribution in [3.8, 4) is 0 Å². The molecule has 0 aromatic rings. The van der Waals surface area contributed by atoms with Crippen LogP contribution >= 0.6 is 0 Å². The lowest BCUT2D eigenvalue weighted by molar-refractivity contribution is -0.131. The molecule has 1 amide bonds. The van der Waals surface area contributed by atoms with E-state index in [-0.39, 0.29) is 29.9 Å². The average Bonchev–Trinajstić information content (AvgIpc) is 2.27. The average molecular weight is 243 g/mol. The third-order valence-corrected chi connectivity index (χ3v) is 3.76. The predicted molar refractivity (Wildman–Crippen MR) is 66.6 cm³/mol. The molecule has 0 bridgehead atoms. The summed E-state index contributed by atoms with van der Waals surface area (Å²) in [4.78, 5) is 12.2. The highest BCUT2D eigenvalue weighted by atomic mass is 16.5. The number of nitrogens with one attached hydrogen (secondary N) is 1. The molecule has 4 heteroatoms. The predicted octanol–water partition coefficient (Wildman–Crippen LogP) is 1.33. The van der Waals surface area contributed by atoms with Crippen molar-refractivity contribution >= 4 is 5.91 Å². The molecule has 0 saturated heterocycles. The Balaban J connectivity index is 2.55. The third-order valence-electron chi connectivity index (χ3n) is 3.76. The van der Waals surface area contributed by atoms with Crippen molar-refractivity contribution in [2.45, 2.75) is 45.6 Å². The number of carbonyl (C=O) groups excluding carboxylic acids is 1. The van der Waals surface area contributed by atoms with E-state index in [1.165, 1.54) is 6.42 Å². The Morgan fingerprint density at radius 1 is 1.53 bits per heavy atom. The van der Waals surface area contributed by atoms with Crippen LogP contribution in [-0.4, -0.2) is 37.4 Å². The quantitative estimate of drug-likeness (QED) is 0.766. The van der Waals surface area contributed by atoms with Gasteiger partial charge in [0.2, 0.25) is 5.91 Å². The van der Waals surface area contributed by atoms with E-state index < -0.39 is 0 Å². The van der Waals surface area contributed by atoms with Gasteiger partial charge in [0, 0.05) is 13.0 Å². The summed E-state index contributed by atoms with van der Waals surface area (Å²) in [6.45, 7) is 4.59. The third kappa shape index (κ3) is 3.96. The van der Waals surface area contributed by atoms with E-state index in [1.54, 1.807) is 7.11 Å². The number of methoxy groups -OCH3 is 1. The van der Waals surface area contributed by atoms with Gasteiger partial charge in [0.15, 0.2) is 0 Å². The molecule has 2 N–H and O–H groups in total. The molecule has 0 spiro atoms. The second kappa shape index (κ2) is 6.36. The highest BCUT2D eigenvalue weighted by Gasteiger charge is 2.37. The van der Waals surface area contributed by atoms with Crippen LogP contribution in [0.3, 0.4) is 0 Å². The van der Waals surface area contributed by atoms with Crippen molar-refractivity contribution in [3.05, 3.63) is 0 Å². The van der Waals surface area contributed by atoms with Gasteiger partial charge in [-0.2, -0.15) is 0 Å². The van der Waals surface area contributed by atoms with Gasteiger partial charge in [-0.25, -0.2) is 0 Å². The number of hydrogen-bond acceptors (Lipinski definition) is 3. The maximum atomic E-state index is 12.2. The number of hydrogen-bond donors (Lipinski definition) is 2. The van der Waals surface area contributed by atoms with Crippen molar-refractivity contribution in [3.63, 3.8) is 0 Å². The summed E-state index contributed by atoms with van der Waals surface area (Å²) in [5.41, 5.74) is 0.0649. The van der Waals surface area contributed by atoms with Crippen molar-refractivity contribution in [1.82, 2.24) is 5.32 Å². The fourth-order valence-corrected chi connectivity index (χ4v) is 2.62. The van der Waals surface area contributed by atoms with Gasteiger partial charge in [0.1, 0.15) is 0 Å². The number of aliphatic hydroxyl groups excluding tert-OH is 1. The Kier molecular flexibility index (Phi) is 5.40. The number of ether oxygens (including phenoxy) is 1. The van der Waals surface area contributed by atoms with Crippen LogP contribution in [0.15, 0.2) is 0 Å². The number of rotatable bonds is 5. The fourth-order valence-electron chi connectivity index (χ4n) is 2.62.